The number of hydrogen-bond donors (Lipinski definition) is 2. The van der Waals surface area contributed by atoms with Gasteiger partial charge in [-0.3, -0.25) is 9.59 Å². The highest BCUT2D eigenvalue weighted by atomic mass is 35.5. The Hall–Kier alpha value is -2.86. The van der Waals surface area contributed by atoms with Crippen LogP contribution in [0.3, 0.4) is 0 Å². The van der Waals surface area contributed by atoms with E-state index in [0.29, 0.717) is 28.6 Å². The van der Waals surface area contributed by atoms with Crippen LogP contribution in [0, 0.1) is 13.8 Å². The molecule has 2 amide bonds. The second kappa shape index (κ2) is 9.01. The molecule has 0 saturated heterocycles. The molecule has 0 atom stereocenters. The molecule has 7 heteroatoms. The Morgan fingerprint density at radius 2 is 1.85 bits per heavy atom. The largest absolute Gasteiger partial charge is 0.492 e. The smallest absolute Gasteiger partial charge is 0.329 e. The lowest BCUT2D eigenvalue weighted by atomic mass is 10.1. The summed E-state index contributed by atoms with van der Waals surface area (Å²) in [5.74, 6) is -1.08. The molecule has 0 spiro atoms. The standard InChI is InChI=1S/C19H20ClN3O3/c1-4-26-16-9-8-14(10-15(16)20)11-21-23-19(25)18(24)22-17-12(2)6-5-7-13(17)3/h5-11H,4H2,1-3H3,(H,22,24)(H,23,25)/b21-11-. The minimum absolute atomic E-state index is 0.440. The number of carbonyl (C=O) groups excluding carboxylic acids is 2. The lowest BCUT2D eigenvalue weighted by molar-refractivity contribution is -0.136. The Kier molecular flexibility index (Phi) is 6.74. The lowest BCUT2D eigenvalue weighted by Crippen LogP contribution is -2.32. The summed E-state index contributed by atoms with van der Waals surface area (Å²) in [4.78, 5) is 23.9. The van der Waals surface area contributed by atoms with Crippen molar-refractivity contribution in [3.05, 3.63) is 58.1 Å². The maximum absolute atomic E-state index is 12.0. The molecule has 2 N–H and O–H groups in total. The van der Waals surface area contributed by atoms with Gasteiger partial charge in [0, 0.05) is 5.69 Å². The van der Waals surface area contributed by atoms with E-state index < -0.39 is 11.8 Å². The summed E-state index contributed by atoms with van der Waals surface area (Å²) in [6, 6.07) is 10.7. The molecular weight excluding hydrogens is 354 g/mol. The van der Waals surface area contributed by atoms with Crippen LogP contribution in [0.2, 0.25) is 5.02 Å². The number of carbonyl (C=O) groups is 2. The maximum Gasteiger partial charge on any atom is 0.329 e. The fourth-order valence-corrected chi connectivity index (χ4v) is 2.51. The third-order valence-corrected chi connectivity index (χ3v) is 3.86. The molecule has 0 aliphatic rings. The summed E-state index contributed by atoms with van der Waals surface area (Å²) in [5, 5.41) is 6.82. The fourth-order valence-electron chi connectivity index (χ4n) is 2.27. The summed E-state index contributed by atoms with van der Waals surface area (Å²) in [6.45, 7) is 6.09. The van der Waals surface area contributed by atoms with Gasteiger partial charge in [0.1, 0.15) is 5.75 Å². The quantitative estimate of drug-likeness (QED) is 0.478. The van der Waals surface area contributed by atoms with E-state index in [4.69, 9.17) is 16.3 Å². The predicted octanol–water partition coefficient (Wildman–Crippen LogP) is 3.44. The predicted molar refractivity (Wildman–Crippen MR) is 103 cm³/mol. The van der Waals surface area contributed by atoms with Crippen molar-refractivity contribution in [2.45, 2.75) is 20.8 Å². The molecule has 0 aliphatic carbocycles. The highest BCUT2D eigenvalue weighted by molar-refractivity contribution is 6.39. The van der Waals surface area contributed by atoms with Gasteiger partial charge in [0.25, 0.3) is 0 Å². The van der Waals surface area contributed by atoms with Crippen LogP contribution in [-0.2, 0) is 9.59 Å². The molecule has 0 saturated carbocycles. The number of amides is 2. The fraction of sp³-hybridized carbons (Fsp3) is 0.211. The van der Waals surface area contributed by atoms with Gasteiger partial charge in [-0.15, -0.1) is 0 Å². The minimum Gasteiger partial charge on any atom is -0.492 e. The van der Waals surface area contributed by atoms with Gasteiger partial charge in [0.2, 0.25) is 0 Å². The number of aryl methyl sites for hydroxylation is 2. The van der Waals surface area contributed by atoms with E-state index in [0.717, 1.165) is 11.1 Å². The minimum atomic E-state index is -0.860. The Morgan fingerprint density at radius 1 is 1.15 bits per heavy atom. The molecule has 136 valence electrons. The molecule has 6 nitrogen and oxygen atoms in total. The number of benzene rings is 2. The van der Waals surface area contributed by atoms with Crippen molar-refractivity contribution in [1.82, 2.24) is 5.43 Å². The summed E-state index contributed by atoms with van der Waals surface area (Å²) < 4.78 is 5.34. The zero-order valence-corrected chi connectivity index (χ0v) is 15.6. The monoisotopic (exact) mass is 373 g/mol. The van der Waals surface area contributed by atoms with Gasteiger partial charge in [-0.25, -0.2) is 5.43 Å². The highest BCUT2D eigenvalue weighted by Crippen LogP contribution is 2.24. The van der Waals surface area contributed by atoms with Crippen molar-refractivity contribution in [1.29, 1.82) is 0 Å². The third kappa shape index (κ3) is 5.07. The number of nitrogens with zero attached hydrogens (tertiary/aromatic N) is 1. The number of para-hydroxylation sites is 1. The Labute approximate surface area is 157 Å². The van der Waals surface area contributed by atoms with Gasteiger partial charge >= 0.3 is 11.8 Å². The van der Waals surface area contributed by atoms with Gasteiger partial charge < -0.3 is 10.1 Å². The van der Waals surface area contributed by atoms with Gasteiger partial charge in [-0.05, 0) is 55.7 Å². The first-order valence-electron chi connectivity index (χ1n) is 8.05. The van der Waals surface area contributed by atoms with Crippen molar-refractivity contribution in [3.63, 3.8) is 0 Å². The first kappa shape index (κ1) is 19.5. The van der Waals surface area contributed by atoms with Crippen molar-refractivity contribution in [2.75, 3.05) is 11.9 Å². The Bertz CT molecular complexity index is 830. The van der Waals surface area contributed by atoms with E-state index in [1.165, 1.54) is 6.21 Å². The second-order valence-corrected chi connectivity index (χ2v) is 5.95. The van der Waals surface area contributed by atoms with Crippen molar-refractivity contribution >= 4 is 35.3 Å². The number of anilines is 1. The molecule has 0 radical (unpaired) electrons. The average molecular weight is 374 g/mol. The van der Waals surface area contributed by atoms with Gasteiger partial charge in [0.05, 0.1) is 17.8 Å². The van der Waals surface area contributed by atoms with E-state index in [1.807, 2.05) is 39.0 Å². The zero-order chi connectivity index (χ0) is 19.1. The molecule has 0 aliphatic heterocycles. The molecular formula is C19H20ClN3O3. The molecule has 0 fully saturated rings. The first-order valence-corrected chi connectivity index (χ1v) is 8.43. The van der Waals surface area contributed by atoms with E-state index in [-0.39, 0.29) is 0 Å². The summed E-state index contributed by atoms with van der Waals surface area (Å²) >= 11 is 6.08. The van der Waals surface area contributed by atoms with E-state index in [1.54, 1.807) is 18.2 Å². The number of rotatable bonds is 5. The first-order chi connectivity index (χ1) is 12.4. The van der Waals surface area contributed by atoms with E-state index >= 15 is 0 Å². The second-order valence-electron chi connectivity index (χ2n) is 5.54. The van der Waals surface area contributed by atoms with Crippen LogP contribution in [0.25, 0.3) is 0 Å². The van der Waals surface area contributed by atoms with Gasteiger partial charge in [0.15, 0.2) is 0 Å². The molecule has 26 heavy (non-hydrogen) atoms. The van der Waals surface area contributed by atoms with Crippen molar-refractivity contribution < 1.29 is 14.3 Å². The molecule has 0 unspecified atom stereocenters. The van der Waals surface area contributed by atoms with Crippen LogP contribution in [0.1, 0.15) is 23.6 Å². The maximum atomic E-state index is 12.0. The third-order valence-electron chi connectivity index (χ3n) is 3.56. The average Bonchev–Trinajstić information content (AvgIpc) is 2.60. The summed E-state index contributed by atoms with van der Waals surface area (Å²) in [5.41, 5.74) is 5.22. The summed E-state index contributed by atoms with van der Waals surface area (Å²) in [6.07, 6.45) is 1.39. The van der Waals surface area contributed by atoms with Crippen LogP contribution in [0.5, 0.6) is 5.75 Å². The van der Waals surface area contributed by atoms with E-state index in [2.05, 4.69) is 15.8 Å². The number of nitrogens with one attached hydrogen (secondary N) is 2. The number of ether oxygens (including phenoxy) is 1. The molecule has 2 rings (SSSR count). The molecule has 0 bridgehead atoms. The van der Waals surface area contributed by atoms with Crippen LogP contribution in [0.4, 0.5) is 5.69 Å². The number of hydrazone groups is 1. The van der Waals surface area contributed by atoms with Crippen LogP contribution in [-0.4, -0.2) is 24.6 Å². The molecule has 0 aromatic heterocycles. The van der Waals surface area contributed by atoms with Crippen LogP contribution < -0.4 is 15.5 Å². The van der Waals surface area contributed by atoms with Gasteiger partial charge in [-0.1, -0.05) is 29.8 Å². The lowest BCUT2D eigenvalue weighted by Gasteiger charge is -2.10. The molecule has 0 heterocycles. The Balaban J connectivity index is 1.96. The van der Waals surface area contributed by atoms with Crippen molar-refractivity contribution in [2.24, 2.45) is 5.10 Å². The SMILES string of the molecule is CCOc1ccc(/C=N\NC(=O)C(=O)Nc2c(C)cccc2C)cc1Cl. The summed E-state index contributed by atoms with van der Waals surface area (Å²) in [7, 11) is 0. The highest BCUT2D eigenvalue weighted by Gasteiger charge is 2.15. The van der Waals surface area contributed by atoms with Crippen molar-refractivity contribution in [3.8, 4) is 5.75 Å². The number of hydrogen-bond acceptors (Lipinski definition) is 4. The normalized spacial score (nSPS) is 10.6. The van der Waals surface area contributed by atoms with E-state index in [9.17, 15) is 9.59 Å². The van der Waals surface area contributed by atoms with Crippen LogP contribution in [0.15, 0.2) is 41.5 Å². The topological polar surface area (TPSA) is 79.8 Å². The number of halogens is 1. The Morgan fingerprint density at radius 3 is 2.46 bits per heavy atom. The van der Waals surface area contributed by atoms with Gasteiger partial charge in [-0.2, -0.15) is 5.10 Å². The molecule has 2 aromatic rings. The zero-order valence-electron chi connectivity index (χ0n) is 14.8. The molecule has 2 aromatic carbocycles. The van der Waals surface area contributed by atoms with Crippen LogP contribution >= 0.6 is 11.6 Å².